The van der Waals surface area contributed by atoms with E-state index in [1.807, 2.05) is 18.2 Å². The van der Waals surface area contributed by atoms with Crippen molar-refractivity contribution in [1.29, 1.82) is 0 Å². The molecule has 0 radical (unpaired) electrons. The van der Waals surface area contributed by atoms with E-state index in [-0.39, 0.29) is 30.5 Å². The van der Waals surface area contributed by atoms with E-state index in [9.17, 15) is 9.18 Å². The van der Waals surface area contributed by atoms with Crippen molar-refractivity contribution in [2.45, 2.75) is 37.8 Å². The van der Waals surface area contributed by atoms with Crippen LogP contribution in [0.25, 0.3) is 0 Å². The fourth-order valence-electron chi connectivity index (χ4n) is 3.40. The molecule has 1 saturated carbocycles. The number of carbonyl (C=O) groups is 1. The first kappa shape index (κ1) is 20.8. The molecule has 6 nitrogen and oxygen atoms in total. The summed E-state index contributed by atoms with van der Waals surface area (Å²) in [5.74, 6) is 1.81. The number of hydrogen-bond acceptors (Lipinski definition) is 5. The Labute approximate surface area is 169 Å². The second-order valence-corrected chi connectivity index (χ2v) is 6.89. The highest BCUT2D eigenvalue weighted by molar-refractivity contribution is 5.77. The van der Waals surface area contributed by atoms with Crippen molar-refractivity contribution in [3.63, 3.8) is 0 Å². The number of benzene rings is 2. The Morgan fingerprint density at radius 1 is 1.00 bits per heavy atom. The van der Waals surface area contributed by atoms with Crippen LogP contribution in [-0.2, 0) is 4.79 Å². The molecule has 0 aromatic heterocycles. The molecule has 1 amide bonds. The van der Waals surface area contributed by atoms with Gasteiger partial charge in [0.1, 0.15) is 11.6 Å². The maximum atomic E-state index is 12.9. The summed E-state index contributed by atoms with van der Waals surface area (Å²) in [6.07, 6.45) is 3.34. The van der Waals surface area contributed by atoms with Gasteiger partial charge in [-0.15, -0.1) is 0 Å². The van der Waals surface area contributed by atoms with E-state index in [0.717, 1.165) is 25.7 Å². The van der Waals surface area contributed by atoms with Gasteiger partial charge in [-0.1, -0.05) is 6.07 Å². The molecule has 0 unspecified atom stereocenters. The SMILES string of the molecule is COc1cccc(OC2CCC(NC(=O)COc3ccc(F)cc3)CC2)c1OC. The summed E-state index contributed by atoms with van der Waals surface area (Å²) in [5.41, 5.74) is 0. The number of ether oxygens (including phenoxy) is 4. The number of methoxy groups -OCH3 is 2. The van der Waals surface area contributed by atoms with Crippen LogP contribution in [0, 0.1) is 5.82 Å². The Bertz CT molecular complexity index is 803. The van der Waals surface area contributed by atoms with Gasteiger partial charge in [0.05, 0.1) is 20.3 Å². The van der Waals surface area contributed by atoms with E-state index in [0.29, 0.717) is 23.0 Å². The average molecular weight is 403 g/mol. The molecular formula is C22H26FNO5. The van der Waals surface area contributed by atoms with Crippen molar-refractivity contribution >= 4 is 5.91 Å². The van der Waals surface area contributed by atoms with Gasteiger partial charge in [0.2, 0.25) is 5.75 Å². The van der Waals surface area contributed by atoms with Crippen LogP contribution in [0.1, 0.15) is 25.7 Å². The first-order chi connectivity index (χ1) is 14.1. The summed E-state index contributed by atoms with van der Waals surface area (Å²) in [6.45, 7) is -0.0942. The number of amides is 1. The number of para-hydroxylation sites is 1. The van der Waals surface area contributed by atoms with Crippen LogP contribution in [0.2, 0.25) is 0 Å². The molecule has 1 aliphatic carbocycles. The van der Waals surface area contributed by atoms with Gasteiger partial charge in [0, 0.05) is 6.04 Å². The minimum absolute atomic E-state index is 0.0552. The van der Waals surface area contributed by atoms with Gasteiger partial charge in [-0.3, -0.25) is 4.79 Å². The zero-order valence-electron chi connectivity index (χ0n) is 16.7. The summed E-state index contributed by atoms with van der Waals surface area (Å²) in [5, 5.41) is 2.99. The Morgan fingerprint density at radius 3 is 2.34 bits per heavy atom. The smallest absolute Gasteiger partial charge is 0.258 e. The van der Waals surface area contributed by atoms with Crippen molar-refractivity contribution in [3.8, 4) is 23.0 Å². The van der Waals surface area contributed by atoms with E-state index in [1.54, 1.807) is 14.2 Å². The van der Waals surface area contributed by atoms with E-state index in [2.05, 4.69) is 5.32 Å². The number of rotatable bonds is 8. The third kappa shape index (κ3) is 5.76. The molecule has 1 aliphatic rings. The molecule has 2 aromatic rings. The molecule has 2 aromatic carbocycles. The first-order valence-corrected chi connectivity index (χ1v) is 9.64. The number of hydrogen-bond donors (Lipinski definition) is 1. The molecule has 3 rings (SSSR count). The zero-order chi connectivity index (χ0) is 20.6. The number of carbonyl (C=O) groups excluding carboxylic acids is 1. The van der Waals surface area contributed by atoms with Crippen LogP contribution in [0.5, 0.6) is 23.0 Å². The van der Waals surface area contributed by atoms with Gasteiger partial charge < -0.3 is 24.3 Å². The summed E-state index contributed by atoms with van der Waals surface area (Å²) in [7, 11) is 3.18. The number of nitrogens with one attached hydrogen (secondary N) is 1. The molecular weight excluding hydrogens is 377 g/mol. The molecule has 0 spiro atoms. The Morgan fingerprint density at radius 2 is 1.69 bits per heavy atom. The van der Waals surface area contributed by atoms with E-state index < -0.39 is 0 Å². The predicted octanol–water partition coefficient (Wildman–Crippen LogP) is 3.73. The third-order valence-corrected chi connectivity index (χ3v) is 4.88. The summed E-state index contributed by atoms with van der Waals surface area (Å²) in [4.78, 5) is 12.1. The van der Waals surface area contributed by atoms with Crippen LogP contribution >= 0.6 is 0 Å². The Balaban J connectivity index is 1.43. The van der Waals surface area contributed by atoms with Gasteiger partial charge in [-0.25, -0.2) is 4.39 Å². The standard InChI is InChI=1S/C22H26FNO5/c1-26-19-4-3-5-20(22(19)27-2)29-18-12-8-16(9-13-18)24-21(25)14-28-17-10-6-15(23)7-11-17/h3-7,10-11,16,18H,8-9,12-14H2,1-2H3,(H,24,25). The highest BCUT2D eigenvalue weighted by Crippen LogP contribution is 2.38. The third-order valence-electron chi connectivity index (χ3n) is 4.88. The molecule has 7 heteroatoms. The van der Waals surface area contributed by atoms with Crippen LogP contribution in [-0.4, -0.2) is 38.9 Å². The molecule has 0 heterocycles. The lowest BCUT2D eigenvalue weighted by Gasteiger charge is -2.30. The van der Waals surface area contributed by atoms with Crippen molar-refractivity contribution < 1.29 is 28.1 Å². The molecule has 0 bridgehead atoms. The van der Waals surface area contributed by atoms with Gasteiger partial charge in [-0.2, -0.15) is 0 Å². The first-order valence-electron chi connectivity index (χ1n) is 9.64. The van der Waals surface area contributed by atoms with Crippen LogP contribution in [0.15, 0.2) is 42.5 Å². The minimum atomic E-state index is -0.340. The summed E-state index contributed by atoms with van der Waals surface area (Å²) in [6, 6.07) is 11.2. The van der Waals surface area contributed by atoms with Crippen molar-refractivity contribution in [3.05, 3.63) is 48.3 Å². The lowest BCUT2D eigenvalue weighted by atomic mass is 9.93. The minimum Gasteiger partial charge on any atom is -0.493 e. The lowest BCUT2D eigenvalue weighted by molar-refractivity contribution is -0.124. The van der Waals surface area contributed by atoms with E-state index >= 15 is 0 Å². The van der Waals surface area contributed by atoms with Crippen molar-refractivity contribution in [2.75, 3.05) is 20.8 Å². The largest absolute Gasteiger partial charge is 0.493 e. The molecule has 156 valence electrons. The Kier molecular flexibility index (Phi) is 7.16. The normalized spacial score (nSPS) is 18.6. The molecule has 29 heavy (non-hydrogen) atoms. The second-order valence-electron chi connectivity index (χ2n) is 6.89. The number of halogens is 1. The van der Waals surface area contributed by atoms with Crippen molar-refractivity contribution in [2.24, 2.45) is 0 Å². The van der Waals surface area contributed by atoms with Crippen LogP contribution in [0.3, 0.4) is 0 Å². The quantitative estimate of drug-likeness (QED) is 0.728. The molecule has 1 N–H and O–H groups in total. The highest BCUT2D eigenvalue weighted by Gasteiger charge is 2.25. The maximum Gasteiger partial charge on any atom is 0.258 e. The Hall–Kier alpha value is -2.96. The average Bonchev–Trinajstić information content (AvgIpc) is 2.74. The topological polar surface area (TPSA) is 66.0 Å². The van der Waals surface area contributed by atoms with Gasteiger partial charge in [-0.05, 0) is 62.1 Å². The van der Waals surface area contributed by atoms with E-state index in [4.69, 9.17) is 18.9 Å². The lowest BCUT2D eigenvalue weighted by Crippen LogP contribution is -2.41. The zero-order valence-corrected chi connectivity index (χ0v) is 16.7. The summed E-state index contributed by atoms with van der Waals surface area (Å²) >= 11 is 0. The molecule has 0 aliphatic heterocycles. The fraction of sp³-hybridized carbons (Fsp3) is 0.409. The monoisotopic (exact) mass is 403 g/mol. The summed E-state index contributed by atoms with van der Waals surface area (Å²) < 4.78 is 35.1. The van der Waals surface area contributed by atoms with Crippen LogP contribution < -0.4 is 24.3 Å². The highest BCUT2D eigenvalue weighted by atomic mass is 19.1. The molecule has 0 atom stereocenters. The van der Waals surface area contributed by atoms with Crippen LogP contribution in [0.4, 0.5) is 4.39 Å². The van der Waals surface area contributed by atoms with Gasteiger partial charge >= 0.3 is 0 Å². The second kappa shape index (κ2) is 10.0. The molecule has 0 saturated heterocycles. The van der Waals surface area contributed by atoms with Crippen molar-refractivity contribution in [1.82, 2.24) is 5.32 Å². The van der Waals surface area contributed by atoms with E-state index in [1.165, 1.54) is 24.3 Å². The van der Waals surface area contributed by atoms with Gasteiger partial charge in [0.15, 0.2) is 18.1 Å². The van der Waals surface area contributed by atoms with Gasteiger partial charge in [0.25, 0.3) is 5.91 Å². The molecule has 1 fully saturated rings. The maximum absolute atomic E-state index is 12.9. The predicted molar refractivity (Wildman–Crippen MR) is 106 cm³/mol. The fourth-order valence-corrected chi connectivity index (χ4v) is 3.40.